The Labute approximate surface area is 77.8 Å². The van der Waals surface area contributed by atoms with Crippen LogP contribution in [0.25, 0.3) is 0 Å². The summed E-state index contributed by atoms with van der Waals surface area (Å²) in [6, 6.07) is 0. The summed E-state index contributed by atoms with van der Waals surface area (Å²) in [6.45, 7) is 6.19. The molecule has 0 heterocycles. The summed E-state index contributed by atoms with van der Waals surface area (Å²) in [5.41, 5.74) is 0.0731. The van der Waals surface area contributed by atoms with Gasteiger partial charge in [0.25, 0.3) is 0 Å². The van der Waals surface area contributed by atoms with E-state index in [2.05, 4.69) is 19.0 Å². The number of hydrogen-bond donors (Lipinski definition) is 1. The molecule has 0 spiro atoms. The second-order valence-corrected chi connectivity index (χ2v) is 4.96. The monoisotopic (exact) mass is 181 g/mol. The summed E-state index contributed by atoms with van der Waals surface area (Å²) in [7, 11) is 0. The fourth-order valence-electron chi connectivity index (χ4n) is 2.94. The number of carbonyl (C=O) groups excluding carboxylic acids is 1. The van der Waals surface area contributed by atoms with Gasteiger partial charge < -0.3 is 5.21 Å². The zero-order valence-electron chi connectivity index (χ0n) is 8.29. The van der Waals surface area contributed by atoms with Gasteiger partial charge in [-0.3, -0.25) is 4.79 Å². The number of oxime groups is 1. The molecular formula is C10H15NO2. The lowest BCUT2D eigenvalue weighted by molar-refractivity contribution is -0.123. The fraction of sp³-hybridized carbons (Fsp3) is 0.800. The van der Waals surface area contributed by atoms with E-state index in [1.54, 1.807) is 0 Å². The van der Waals surface area contributed by atoms with Crippen LogP contribution in [0.4, 0.5) is 0 Å². The lowest BCUT2D eigenvalue weighted by Crippen LogP contribution is -2.33. The molecule has 0 amide bonds. The Hall–Kier alpha value is -0.860. The van der Waals surface area contributed by atoms with E-state index in [1.807, 2.05) is 6.92 Å². The Morgan fingerprint density at radius 3 is 2.38 bits per heavy atom. The van der Waals surface area contributed by atoms with Gasteiger partial charge in [0.2, 0.25) is 0 Å². The van der Waals surface area contributed by atoms with Crippen LogP contribution in [0.2, 0.25) is 0 Å². The van der Waals surface area contributed by atoms with Crippen molar-refractivity contribution in [3.05, 3.63) is 0 Å². The first-order valence-corrected chi connectivity index (χ1v) is 4.72. The third-order valence-corrected chi connectivity index (χ3v) is 4.40. The van der Waals surface area contributed by atoms with Gasteiger partial charge in [0.1, 0.15) is 5.71 Å². The normalized spacial score (nSPS) is 44.7. The summed E-state index contributed by atoms with van der Waals surface area (Å²) in [4.78, 5) is 11.8. The highest BCUT2D eigenvalue weighted by atomic mass is 16.4. The van der Waals surface area contributed by atoms with Crippen molar-refractivity contribution in [2.24, 2.45) is 21.9 Å². The van der Waals surface area contributed by atoms with Gasteiger partial charge in [-0.05, 0) is 18.3 Å². The minimum absolute atomic E-state index is 0.0361. The minimum Gasteiger partial charge on any atom is -0.411 e. The Morgan fingerprint density at radius 1 is 1.46 bits per heavy atom. The van der Waals surface area contributed by atoms with Gasteiger partial charge in [0.05, 0.1) is 0 Å². The molecular weight excluding hydrogens is 166 g/mol. The number of ketones is 1. The van der Waals surface area contributed by atoms with E-state index in [0.29, 0.717) is 5.71 Å². The van der Waals surface area contributed by atoms with Gasteiger partial charge in [-0.15, -0.1) is 0 Å². The molecule has 2 atom stereocenters. The molecule has 0 aromatic rings. The quantitative estimate of drug-likeness (QED) is 0.458. The van der Waals surface area contributed by atoms with E-state index in [0.717, 1.165) is 12.8 Å². The van der Waals surface area contributed by atoms with E-state index in [1.165, 1.54) is 0 Å². The van der Waals surface area contributed by atoms with Crippen LogP contribution in [0.15, 0.2) is 5.16 Å². The molecule has 2 bridgehead atoms. The van der Waals surface area contributed by atoms with E-state index in [-0.39, 0.29) is 22.5 Å². The van der Waals surface area contributed by atoms with Crippen LogP contribution >= 0.6 is 0 Å². The lowest BCUT2D eigenvalue weighted by Gasteiger charge is -2.31. The fourth-order valence-corrected chi connectivity index (χ4v) is 2.94. The van der Waals surface area contributed by atoms with Crippen LogP contribution in [-0.2, 0) is 4.79 Å². The zero-order chi connectivity index (χ0) is 9.85. The second-order valence-electron chi connectivity index (χ2n) is 4.96. The highest BCUT2D eigenvalue weighted by Gasteiger charge is 2.65. The molecule has 3 heteroatoms. The van der Waals surface area contributed by atoms with Crippen LogP contribution in [0.1, 0.15) is 33.6 Å². The molecule has 0 unspecified atom stereocenters. The van der Waals surface area contributed by atoms with Crippen molar-refractivity contribution in [1.29, 1.82) is 0 Å². The SMILES string of the molecule is CC1(C)[C@H]2CC[C@]1(C)C(=O)/C2=N\O. The maximum atomic E-state index is 11.8. The lowest BCUT2D eigenvalue weighted by atomic mass is 9.70. The summed E-state index contributed by atoms with van der Waals surface area (Å²) in [6.07, 6.45) is 1.91. The molecule has 2 saturated carbocycles. The van der Waals surface area contributed by atoms with E-state index >= 15 is 0 Å². The highest BCUT2D eigenvalue weighted by Crippen LogP contribution is 2.62. The van der Waals surface area contributed by atoms with Crippen molar-refractivity contribution < 1.29 is 10.0 Å². The summed E-state index contributed by atoms with van der Waals surface area (Å²) < 4.78 is 0. The Kier molecular flexibility index (Phi) is 1.44. The van der Waals surface area contributed by atoms with Gasteiger partial charge in [-0.2, -0.15) is 0 Å². The molecule has 72 valence electrons. The third kappa shape index (κ3) is 0.713. The van der Waals surface area contributed by atoms with E-state index in [9.17, 15) is 4.79 Å². The standard InChI is InChI=1S/C10H15NO2/c1-9(2)6-4-5-10(9,3)8(12)7(6)11-13/h6,13H,4-5H2,1-3H3/b11-7-/t6-,10+/m0/s1. The largest absolute Gasteiger partial charge is 0.411 e. The summed E-state index contributed by atoms with van der Waals surface area (Å²) >= 11 is 0. The van der Waals surface area contributed by atoms with Crippen LogP contribution < -0.4 is 0 Å². The first kappa shape index (κ1) is 8.73. The molecule has 0 saturated heterocycles. The Bertz CT molecular complexity index is 306. The first-order chi connectivity index (χ1) is 5.95. The topological polar surface area (TPSA) is 49.7 Å². The average molecular weight is 181 g/mol. The molecule has 1 N–H and O–H groups in total. The van der Waals surface area contributed by atoms with Crippen LogP contribution in [0.3, 0.4) is 0 Å². The molecule has 0 aromatic carbocycles. The maximum Gasteiger partial charge on any atom is 0.187 e. The van der Waals surface area contributed by atoms with Gasteiger partial charge in [0.15, 0.2) is 5.78 Å². The van der Waals surface area contributed by atoms with Crippen molar-refractivity contribution in [2.75, 3.05) is 0 Å². The molecule has 3 nitrogen and oxygen atoms in total. The number of fused-ring (bicyclic) bond motifs is 2. The highest BCUT2D eigenvalue weighted by molar-refractivity contribution is 6.45. The van der Waals surface area contributed by atoms with Crippen molar-refractivity contribution >= 4 is 11.5 Å². The molecule has 13 heavy (non-hydrogen) atoms. The molecule has 2 aliphatic carbocycles. The number of hydrogen-bond acceptors (Lipinski definition) is 3. The molecule has 0 aliphatic heterocycles. The predicted molar refractivity (Wildman–Crippen MR) is 48.8 cm³/mol. The number of Topliss-reactive ketones (excluding diaryl/α,β-unsaturated/α-hetero) is 1. The van der Waals surface area contributed by atoms with Gasteiger partial charge in [0, 0.05) is 11.3 Å². The van der Waals surface area contributed by atoms with Crippen molar-refractivity contribution in [2.45, 2.75) is 33.6 Å². The maximum absolute atomic E-state index is 11.8. The van der Waals surface area contributed by atoms with Gasteiger partial charge >= 0.3 is 0 Å². The molecule has 0 radical (unpaired) electrons. The van der Waals surface area contributed by atoms with Crippen LogP contribution in [0.5, 0.6) is 0 Å². The third-order valence-electron chi connectivity index (χ3n) is 4.40. The number of rotatable bonds is 0. The molecule has 2 rings (SSSR count). The van der Waals surface area contributed by atoms with Crippen molar-refractivity contribution in [3.63, 3.8) is 0 Å². The molecule has 2 aliphatic rings. The Balaban J connectivity index is 2.57. The minimum atomic E-state index is -0.292. The van der Waals surface area contributed by atoms with E-state index in [4.69, 9.17) is 5.21 Å². The smallest absolute Gasteiger partial charge is 0.187 e. The Morgan fingerprint density at radius 2 is 2.08 bits per heavy atom. The summed E-state index contributed by atoms with van der Waals surface area (Å²) in [5.74, 6) is 0.214. The zero-order valence-corrected chi connectivity index (χ0v) is 8.29. The average Bonchev–Trinajstić information content (AvgIpc) is 2.36. The summed E-state index contributed by atoms with van der Waals surface area (Å²) in [5, 5.41) is 11.9. The first-order valence-electron chi connectivity index (χ1n) is 4.72. The number of nitrogens with zero attached hydrogens (tertiary/aromatic N) is 1. The molecule has 0 aromatic heterocycles. The van der Waals surface area contributed by atoms with E-state index < -0.39 is 0 Å². The van der Waals surface area contributed by atoms with Gasteiger partial charge in [-0.1, -0.05) is 25.9 Å². The van der Waals surface area contributed by atoms with Crippen molar-refractivity contribution in [1.82, 2.24) is 0 Å². The van der Waals surface area contributed by atoms with Crippen LogP contribution in [-0.4, -0.2) is 16.7 Å². The van der Waals surface area contributed by atoms with Gasteiger partial charge in [-0.25, -0.2) is 0 Å². The molecule has 2 fully saturated rings. The second kappa shape index (κ2) is 2.14. The predicted octanol–water partition coefficient (Wildman–Crippen LogP) is 1.84. The van der Waals surface area contributed by atoms with Crippen molar-refractivity contribution in [3.8, 4) is 0 Å². The number of carbonyl (C=O) groups is 1. The van der Waals surface area contributed by atoms with Crippen LogP contribution in [0, 0.1) is 16.7 Å².